The number of carboxylic acids is 1. The lowest BCUT2D eigenvalue weighted by atomic mass is 9.92. The molecule has 1 fully saturated rings. The predicted molar refractivity (Wildman–Crippen MR) is 124 cm³/mol. The Hall–Kier alpha value is -3.11. The van der Waals surface area contributed by atoms with Gasteiger partial charge < -0.3 is 10.0 Å². The third-order valence-corrected chi connectivity index (χ3v) is 6.70. The zero-order valence-electron chi connectivity index (χ0n) is 17.7. The SMILES string of the molecule is O=C(O)c1ccc2c(c1)CC[C@H]1CN(Cc3ccccc3Cc3ccccc3)CCN21. The van der Waals surface area contributed by atoms with Crippen LogP contribution in [0.2, 0.25) is 0 Å². The number of aromatic carboxylic acids is 1. The van der Waals surface area contributed by atoms with Gasteiger partial charge in [0.2, 0.25) is 0 Å². The van der Waals surface area contributed by atoms with Crippen molar-refractivity contribution in [3.05, 3.63) is 101 Å². The Bertz CT molecular complexity index is 1080. The molecule has 0 saturated carbocycles. The van der Waals surface area contributed by atoms with Gasteiger partial charge in [-0.25, -0.2) is 4.79 Å². The molecule has 2 aliphatic heterocycles. The molecule has 0 aliphatic carbocycles. The highest BCUT2D eigenvalue weighted by atomic mass is 16.4. The minimum absolute atomic E-state index is 0.394. The number of nitrogens with zero attached hydrogens (tertiary/aromatic N) is 2. The van der Waals surface area contributed by atoms with E-state index in [0.717, 1.165) is 45.4 Å². The van der Waals surface area contributed by atoms with Gasteiger partial charge in [-0.05, 0) is 59.7 Å². The van der Waals surface area contributed by atoms with Crippen LogP contribution in [0.1, 0.15) is 39.0 Å². The van der Waals surface area contributed by atoms with Crippen LogP contribution in [0, 0.1) is 0 Å². The van der Waals surface area contributed by atoms with Gasteiger partial charge in [-0.15, -0.1) is 0 Å². The van der Waals surface area contributed by atoms with E-state index in [1.807, 2.05) is 12.1 Å². The Morgan fingerprint density at radius 3 is 2.52 bits per heavy atom. The van der Waals surface area contributed by atoms with Gasteiger partial charge in [0.1, 0.15) is 0 Å². The average molecular weight is 413 g/mol. The lowest BCUT2D eigenvalue weighted by molar-refractivity contribution is 0.0696. The van der Waals surface area contributed by atoms with Crippen LogP contribution in [0.4, 0.5) is 5.69 Å². The summed E-state index contributed by atoms with van der Waals surface area (Å²) in [7, 11) is 0. The molecule has 4 heteroatoms. The number of benzene rings is 3. The van der Waals surface area contributed by atoms with Crippen molar-refractivity contribution in [2.75, 3.05) is 24.5 Å². The normalized spacial score (nSPS) is 18.3. The molecule has 1 saturated heterocycles. The first-order valence-corrected chi connectivity index (χ1v) is 11.1. The lowest BCUT2D eigenvalue weighted by Gasteiger charge is -2.46. The van der Waals surface area contributed by atoms with Crippen molar-refractivity contribution in [3.63, 3.8) is 0 Å². The summed E-state index contributed by atoms with van der Waals surface area (Å²) < 4.78 is 0. The molecule has 31 heavy (non-hydrogen) atoms. The van der Waals surface area contributed by atoms with Gasteiger partial charge in [-0.2, -0.15) is 0 Å². The quantitative estimate of drug-likeness (QED) is 0.665. The zero-order valence-corrected chi connectivity index (χ0v) is 17.7. The molecule has 3 aromatic carbocycles. The van der Waals surface area contributed by atoms with Crippen molar-refractivity contribution in [1.29, 1.82) is 0 Å². The van der Waals surface area contributed by atoms with Crippen molar-refractivity contribution in [1.82, 2.24) is 4.90 Å². The number of fused-ring (bicyclic) bond motifs is 3. The van der Waals surface area contributed by atoms with Gasteiger partial charge in [0.05, 0.1) is 5.56 Å². The van der Waals surface area contributed by atoms with Gasteiger partial charge in [0, 0.05) is 37.9 Å². The van der Waals surface area contributed by atoms with E-state index < -0.39 is 5.97 Å². The number of hydrogen-bond donors (Lipinski definition) is 1. The molecular weight excluding hydrogens is 384 g/mol. The van der Waals surface area contributed by atoms with Crippen molar-refractivity contribution in [3.8, 4) is 0 Å². The number of aryl methyl sites for hydroxylation is 1. The molecule has 0 radical (unpaired) electrons. The summed E-state index contributed by atoms with van der Waals surface area (Å²) in [5, 5.41) is 9.29. The smallest absolute Gasteiger partial charge is 0.335 e. The maximum Gasteiger partial charge on any atom is 0.335 e. The molecule has 4 nitrogen and oxygen atoms in total. The van der Waals surface area contributed by atoms with Crippen LogP contribution in [-0.2, 0) is 19.4 Å². The van der Waals surface area contributed by atoms with Crippen LogP contribution >= 0.6 is 0 Å². The molecule has 0 aromatic heterocycles. The van der Waals surface area contributed by atoms with Gasteiger partial charge in [-0.1, -0.05) is 54.6 Å². The van der Waals surface area contributed by atoms with E-state index >= 15 is 0 Å². The predicted octanol–water partition coefficient (Wildman–Crippen LogP) is 4.61. The van der Waals surface area contributed by atoms with Crippen LogP contribution in [0.5, 0.6) is 0 Å². The summed E-state index contributed by atoms with van der Waals surface area (Å²) in [6, 6.07) is 25.6. The topological polar surface area (TPSA) is 43.8 Å². The van der Waals surface area contributed by atoms with Crippen LogP contribution in [-0.4, -0.2) is 41.7 Å². The molecule has 0 unspecified atom stereocenters. The van der Waals surface area contributed by atoms with E-state index in [1.165, 1.54) is 27.9 Å². The fourth-order valence-electron chi connectivity index (χ4n) is 5.09. The Balaban J connectivity index is 1.29. The second-order valence-corrected chi connectivity index (χ2v) is 8.70. The summed E-state index contributed by atoms with van der Waals surface area (Å²) in [5.74, 6) is -0.844. The number of carbonyl (C=O) groups is 1. The fraction of sp³-hybridized carbons (Fsp3) is 0.296. The molecule has 5 rings (SSSR count). The molecule has 2 aliphatic rings. The van der Waals surface area contributed by atoms with Gasteiger partial charge in [0.25, 0.3) is 0 Å². The average Bonchev–Trinajstić information content (AvgIpc) is 2.80. The molecule has 0 bridgehead atoms. The van der Waals surface area contributed by atoms with Crippen LogP contribution in [0.25, 0.3) is 0 Å². The van der Waals surface area contributed by atoms with Gasteiger partial charge >= 0.3 is 5.97 Å². The van der Waals surface area contributed by atoms with Gasteiger partial charge in [0.15, 0.2) is 0 Å². The van der Waals surface area contributed by atoms with E-state index in [9.17, 15) is 9.90 Å². The first kappa shape index (κ1) is 19.8. The third kappa shape index (κ3) is 4.21. The number of piperazine rings is 1. The number of hydrogen-bond acceptors (Lipinski definition) is 3. The summed E-state index contributed by atoms with van der Waals surface area (Å²) in [5.41, 5.74) is 6.98. The van der Waals surface area contributed by atoms with E-state index in [4.69, 9.17) is 0 Å². The Morgan fingerprint density at radius 1 is 0.935 bits per heavy atom. The Labute approximate surface area is 183 Å². The van der Waals surface area contributed by atoms with Crippen LogP contribution in [0.15, 0.2) is 72.8 Å². The van der Waals surface area contributed by atoms with Gasteiger partial charge in [-0.3, -0.25) is 4.90 Å². The summed E-state index contributed by atoms with van der Waals surface area (Å²) in [6.07, 6.45) is 3.01. The molecule has 2 heterocycles. The van der Waals surface area contributed by atoms with Crippen molar-refractivity contribution in [2.45, 2.75) is 31.8 Å². The van der Waals surface area contributed by atoms with Crippen LogP contribution < -0.4 is 4.90 Å². The minimum atomic E-state index is -0.844. The molecule has 0 amide bonds. The monoisotopic (exact) mass is 412 g/mol. The number of anilines is 1. The highest BCUT2D eigenvalue weighted by Gasteiger charge is 2.32. The standard InChI is InChI=1S/C27H28N2O2/c30-27(31)23-11-13-26-22(17-23)10-12-25-19-28(14-15-29(25)26)18-24-9-5-4-8-21(24)16-20-6-2-1-3-7-20/h1-9,11,13,17,25H,10,12,14-16,18-19H2,(H,30,31)/t25-/m0/s1. The molecule has 158 valence electrons. The lowest BCUT2D eigenvalue weighted by Crippen LogP contribution is -2.54. The number of rotatable bonds is 5. The molecular formula is C27H28N2O2. The second-order valence-electron chi connectivity index (χ2n) is 8.70. The summed E-state index contributed by atoms with van der Waals surface area (Å²) in [6.45, 7) is 4.05. The molecule has 1 N–H and O–H groups in total. The first-order valence-electron chi connectivity index (χ1n) is 11.1. The zero-order chi connectivity index (χ0) is 21.2. The minimum Gasteiger partial charge on any atom is -0.478 e. The molecule has 3 aromatic rings. The third-order valence-electron chi connectivity index (χ3n) is 6.70. The highest BCUT2D eigenvalue weighted by molar-refractivity contribution is 5.88. The van der Waals surface area contributed by atoms with E-state index in [1.54, 1.807) is 6.07 Å². The van der Waals surface area contributed by atoms with E-state index in [-0.39, 0.29) is 0 Å². The van der Waals surface area contributed by atoms with E-state index in [0.29, 0.717) is 11.6 Å². The van der Waals surface area contributed by atoms with Crippen molar-refractivity contribution < 1.29 is 9.90 Å². The van der Waals surface area contributed by atoms with Crippen LogP contribution in [0.3, 0.4) is 0 Å². The Kier molecular flexibility index (Phi) is 5.47. The highest BCUT2D eigenvalue weighted by Crippen LogP contribution is 2.34. The fourth-order valence-corrected chi connectivity index (χ4v) is 5.09. The molecule has 1 atom stereocenters. The van der Waals surface area contributed by atoms with E-state index in [2.05, 4.69) is 64.4 Å². The largest absolute Gasteiger partial charge is 0.478 e. The maximum absolute atomic E-state index is 11.3. The number of carboxylic acid groups (broad SMARTS) is 1. The Morgan fingerprint density at radius 2 is 1.71 bits per heavy atom. The summed E-state index contributed by atoms with van der Waals surface area (Å²) >= 11 is 0. The second kappa shape index (κ2) is 8.56. The maximum atomic E-state index is 11.3. The first-order chi connectivity index (χ1) is 15.2. The van der Waals surface area contributed by atoms with Crippen molar-refractivity contribution in [2.24, 2.45) is 0 Å². The molecule has 0 spiro atoms. The van der Waals surface area contributed by atoms with Crippen molar-refractivity contribution >= 4 is 11.7 Å². The summed E-state index contributed by atoms with van der Waals surface area (Å²) in [4.78, 5) is 16.4.